The van der Waals surface area contributed by atoms with Crippen LogP contribution in [0.4, 0.5) is 0 Å². The van der Waals surface area contributed by atoms with Crippen LogP contribution in [0.15, 0.2) is 60.7 Å². The Kier molecular flexibility index (Phi) is 4.72. The van der Waals surface area contributed by atoms with Gasteiger partial charge in [0.05, 0.1) is 0 Å². The normalized spacial score (nSPS) is 12.8. The summed E-state index contributed by atoms with van der Waals surface area (Å²) in [5.74, 6) is -1.16. The van der Waals surface area contributed by atoms with E-state index in [0.29, 0.717) is 11.1 Å². The third-order valence-corrected chi connectivity index (χ3v) is 3.96. The fraction of sp³-hybridized carbons (Fsp3) is 0.133. The number of hydrogen-bond donors (Lipinski definition) is 1. The second kappa shape index (κ2) is 6.51. The molecular formula is C15H15NO4S. The van der Waals surface area contributed by atoms with E-state index >= 15 is 0 Å². The Morgan fingerprint density at radius 2 is 1.52 bits per heavy atom. The number of amides is 1. The molecule has 0 bridgehead atoms. The third kappa shape index (κ3) is 4.40. The topological polar surface area (TPSA) is 86.5 Å². The summed E-state index contributed by atoms with van der Waals surface area (Å²) in [6.45, 7) is 0. The van der Waals surface area contributed by atoms with Crippen LogP contribution >= 0.6 is 0 Å². The first-order chi connectivity index (χ1) is 9.98. The highest BCUT2D eigenvalue weighted by molar-refractivity contribution is 7.85. The van der Waals surface area contributed by atoms with Crippen molar-refractivity contribution in [2.45, 2.75) is 11.9 Å². The van der Waals surface area contributed by atoms with Crippen molar-refractivity contribution in [3.05, 3.63) is 71.8 Å². The van der Waals surface area contributed by atoms with Crippen molar-refractivity contribution in [3.8, 4) is 0 Å². The Morgan fingerprint density at radius 3 is 2.05 bits per heavy atom. The van der Waals surface area contributed by atoms with Crippen molar-refractivity contribution in [1.82, 2.24) is 0 Å². The van der Waals surface area contributed by atoms with E-state index in [1.54, 1.807) is 60.7 Å². The number of benzene rings is 2. The van der Waals surface area contributed by atoms with E-state index in [9.17, 15) is 13.2 Å². The maximum absolute atomic E-state index is 12.1. The predicted molar refractivity (Wildman–Crippen MR) is 78.5 cm³/mol. The first kappa shape index (κ1) is 15.2. The van der Waals surface area contributed by atoms with Gasteiger partial charge in [-0.2, -0.15) is 8.42 Å². The molecule has 0 aromatic heterocycles. The minimum absolute atomic E-state index is 0.315. The number of rotatable bonds is 6. The van der Waals surface area contributed by atoms with Gasteiger partial charge in [-0.1, -0.05) is 60.7 Å². The Hall–Kier alpha value is -2.18. The Balaban J connectivity index is 2.19. The van der Waals surface area contributed by atoms with Crippen molar-refractivity contribution in [1.29, 1.82) is 0 Å². The van der Waals surface area contributed by atoms with E-state index < -0.39 is 22.1 Å². The van der Waals surface area contributed by atoms with Gasteiger partial charge in [0.1, 0.15) is 5.75 Å². The van der Waals surface area contributed by atoms with E-state index in [2.05, 4.69) is 0 Å². The summed E-state index contributed by atoms with van der Waals surface area (Å²) in [7, 11) is -3.93. The van der Waals surface area contributed by atoms with Gasteiger partial charge in [-0.25, -0.2) is 0 Å². The van der Waals surface area contributed by atoms with Crippen LogP contribution in [0.3, 0.4) is 0 Å². The molecule has 0 aliphatic carbocycles. The first-order valence-electron chi connectivity index (χ1n) is 6.27. The number of hydrogen-bond acceptors (Lipinski definition) is 4. The summed E-state index contributed by atoms with van der Waals surface area (Å²) in [5, 5.41) is 0. The summed E-state index contributed by atoms with van der Waals surface area (Å²) < 4.78 is 29.1. The minimum atomic E-state index is -3.93. The number of carbonyl (C=O) groups is 1. The molecule has 0 saturated carbocycles. The van der Waals surface area contributed by atoms with Crippen LogP contribution in [0.2, 0.25) is 0 Å². The SMILES string of the molecule is NC(=O)[C@@H](OS(=O)(=O)Cc1ccccc1)c1ccccc1. The Morgan fingerprint density at radius 1 is 1.00 bits per heavy atom. The Bertz CT molecular complexity index is 699. The largest absolute Gasteiger partial charge is 0.367 e. The molecule has 5 nitrogen and oxygen atoms in total. The van der Waals surface area contributed by atoms with Gasteiger partial charge in [-0.05, 0) is 11.1 Å². The molecule has 2 aromatic carbocycles. The third-order valence-electron chi connectivity index (χ3n) is 2.79. The lowest BCUT2D eigenvalue weighted by atomic mass is 10.1. The molecule has 6 heteroatoms. The second-order valence-electron chi connectivity index (χ2n) is 4.48. The lowest BCUT2D eigenvalue weighted by Crippen LogP contribution is -2.26. The van der Waals surface area contributed by atoms with Crippen LogP contribution < -0.4 is 5.73 Å². The molecule has 110 valence electrons. The van der Waals surface area contributed by atoms with Gasteiger partial charge in [0.25, 0.3) is 16.0 Å². The summed E-state index contributed by atoms with van der Waals surface area (Å²) in [4.78, 5) is 11.5. The predicted octanol–water partition coefficient (Wildman–Crippen LogP) is 1.76. The highest BCUT2D eigenvalue weighted by Crippen LogP contribution is 2.21. The fourth-order valence-electron chi connectivity index (χ4n) is 1.85. The molecule has 2 rings (SSSR count). The summed E-state index contributed by atoms with van der Waals surface area (Å²) in [6.07, 6.45) is -1.32. The molecule has 2 N–H and O–H groups in total. The van der Waals surface area contributed by atoms with Crippen molar-refractivity contribution >= 4 is 16.0 Å². The van der Waals surface area contributed by atoms with Crippen molar-refractivity contribution in [3.63, 3.8) is 0 Å². The van der Waals surface area contributed by atoms with Crippen LogP contribution in [0.5, 0.6) is 0 Å². The quantitative estimate of drug-likeness (QED) is 0.824. The molecular weight excluding hydrogens is 290 g/mol. The highest BCUT2D eigenvalue weighted by atomic mass is 32.2. The zero-order valence-corrected chi connectivity index (χ0v) is 12.0. The molecule has 0 aliphatic heterocycles. The second-order valence-corrected chi connectivity index (χ2v) is 6.07. The van der Waals surface area contributed by atoms with E-state index in [0.717, 1.165) is 0 Å². The summed E-state index contributed by atoms with van der Waals surface area (Å²) in [6, 6.07) is 16.9. The number of nitrogens with two attached hydrogens (primary N) is 1. The number of carbonyl (C=O) groups excluding carboxylic acids is 1. The maximum Gasteiger partial charge on any atom is 0.272 e. The van der Waals surface area contributed by atoms with Gasteiger partial charge in [0.15, 0.2) is 6.10 Å². The molecule has 0 radical (unpaired) electrons. The molecule has 21 heavy (non-hydrogen) atoms. The van der Waals surface area contributed by atoms with Gasteiger partial charge in [0, 0.05) is 0 Å². The zero-order chi connectivity index (χ0) is 15.3. The van der Waals surface area contributed by atoms with Gasteiger partial charge < -0.3 is 5.73 Å². The summed E-state index contributed by atoms with van der Waals surface area (Å²) in [5.41, 5.74) is 6.22. The first-order valence-corrected chi connectivity index (χ1v) is 7.85. The minimum Gasteiger partial charge on any atom is -0.367 e. The molecule has 0 fully saturated rings. The smallest absolute Gasteiger partial charge is 0.272 e. The van der Waals surface area contributed by atoms with Crippen LogP contribution in [-0.2, 0) is 24.8 Å². The lowest BCUT2D eigenvalue weighted by molar-refractivity contribution is -0.124. The Labute approximate surface area is 123 Å². The average Bonchev–Trinajstić information content (AvgIpc) is 2.46. The maximum atomic E-state index is 12.1. The standard InChI is InChI=1S/C15H15NO4S/c16-15(17)14(13-9-5-2-6-10-13)20-21(18,19)11-12-7-3-1-4-8-12/h1-10,14H,11H2,(H2,16,17)/t14-/m0/s1. The van der Waals surface area contributed by atoms with Gasteiger partial charge in [-0.15, -0.1) is 0 Å². The van der Waals surface area contributed by atoms with Crippen molar-refractivity contribution < 1.29 is 17.4 Å². The molecule has 0 aliphatic rings. The molecule has 2 aromatic rings. The molecule has 1 atom stereocenters. The monoisotopic (exact) mass is 305 g/mol. The van der Waals surface area contributed by atoms with Gasteiger partial charge >= 0.3 is 0 Å². The van der Waals surface area contributed by atoms with E-state index in [1.165, 1.54) is 0 Å². The van der Waals surface area contributed by atoms with Gasteiger partial charge in [0.2, 0.25) is 0 Å². The van der Waals surface area contributed by atoms with E-state index in [1.807, 2.05) is 0 Å². The van der Waals surface area contributed by atoms with E-state index in [-0.39, 0.29) is 5.75 Å². The molecule has 0 unspecified atom stereocenters. The highest BCUT2D eigenvalue weighted by Gasteiger charge is 2.26. The van der Waals surface area contributed by atoms with Crippen LogP contribution in [-0.4, -0.2) is 14.3 Å². The van der Waals surface area contributed by atoms with Crippen LogP contribution in [0.1, 0.15) is 17.2 Å². The average molecular weight is 305 g/mol. The van der Waals surface area contributed by atoms with Crippen LogP contribution in [0, 0.1) is 0 Å². The molecule has 1 amide bonds. The lowest BCUT2D eigenvalue weighted by Gasteiger charge is -2.14. The van der Waals surface area contributed by atoms with E-state index in [4.69, 9.17) is 9.92 Å². The number of primary amides is 1. The van der Waals surface area contributed by atoms with Gasteiger partial charge in [-0.3, -0.25) is 8.98 Å². The molecule has 0 spiro atoms. The molecule has 0 heterocycles. The van der Waals surface area contributed by atoms with Crippen molar-refractivity contribution in [2.75, 3.05) is 0 Å². The fourth-order valence-corrected chi connectivity index (χ4v) is 3.02. The van der Waals surface area contributed by atoms with Crippen molar-refractivity contribution in [2.24, 2.45) is 5.73 Å². The summed E-state index contributed by atoms with van der Waals surface area (Å²) >= 11 is 0. The zero-order valence-electron chi connectivity index (χ0n) is 11.2. The molecule has 0 saturated heterocycles. The van der Waals surface area contributed by atoms with Crippen LogP contribution in [0.25, 0.3) is 0 Å².